The highest BCUT2D eigenvalue weighted by Gasteiger charge is 2.47. The van der Waals surface area contributed by atoms with Crippen molar-refractivity contribution in [2.75, 3.05) is 12.0 Å². The van der Waals surface area contributed by atoms with Crippen LogP contribution in [0.3, 0.4) is 0 Å². The number of halogens is 1. The number of ketones is 1. The fraction of sp³-hybridized carbons (Fsp3) is 0.185. The second kappa shape index (κ2) is 9.73. The largest absolute Gasteiger partial charge is 0.507 e. The minimum Gasteiger partial charge on any atom is -0.507 e. The summed E-state index contributed by atoms with van der Waals surface area (Å²) < 4.78 is 12.0. The Morgan fingerprint density at radius 2 is 1.65 bits per heavy atom. The van der Waals surface area contributed by atoms with Gasteiger partial charge in [0.05, 0.1) is 24.8 Å². The van der Waals surface area contributed by atoms with Gasteiger partial charge in [0.15, 0.2) is 0 Å². The van der Waals surface area contributed by atoms with Gasteiger partial charge in [-0.25, -0.2) is 0 Å². The number of amides is 1. The minimum absolute atomic E-state index is 0.0110. The van der Waals surface area contributed by atoms with Gasteiger partial charge in [-0.2, -0.15) is 0 Å². The number of aliphatic hydroxyl groups is 1. The molecule has 1 saturated heterocycles. The lowest BCUT2D eigenvalue weighted by atomic mass is 9.95. The predicted molar refractivity (Wildman–Crippen MR) is 134 cm³/mol. The van der Waals surface area contributed by atoms with Gasteiger partial charge in [-0.05, 0) is 55.8 Å². The summed E-state index contributed by atoms with van der Waals surface area (Å²) in [5.74, 6) is -0.581. The highest BCUT2D eigenvalue weighted by atomic mass is 79.9. The van der Waals surface area contributed by atoms with Crippen molar-refractivity contribution >= 4 is 39.1 Å². The highest BCUT2D eigenvalue weighted by molar-refractivity contribution is 9.10. The molecular formula is C27H24BrNO5. The van der Waals surface area contributed by atoms with Gasteiger partial charge in [-0.3, -0.25) is 14.5 Å². The molecule has 1 N–H and O–H groups in total. The molecule has 1 fully saturated rings. The fourth-order valence-corrected chi connectivity index (χ4v) is 4.23. The first-order valence-electron chi connectivity index (χ1n) is 10.8. The Bertz CT molecular complexity index is 1270. The highest BCUT2D eigenvalue weighted by Crippen LogP contribution is 2.43. The number of methoxy groups -OCH3 is 1. The zero-order chi connectivity index (χ0) is 24.4. The van der Waals surface area contributed by atoms with E-state index in [9.17, 15) is 14.7 Å². The Morgan fingerprint density at radius 3 is 2.32 bits per heavy atom. The minimum atomic E-state index is -0.855. The van der Waals surface area contributed by atoms with Gasteiger partial charge in [0.2, 0.25) is 0 Å². The van der Waals surface area contributed by atoms with Gasteiger partial charge in [-0.1, -0.05) is 46.3 Å². The maximum absolute atomic E-state index is 13.3. The third-order valence-electron chi connectivity index (χ3n) is 5.44. The summed E-state index contributed by atoms with van der Waals surface area (Å²) in [5.41, 5.74) is 1.57. The van der Waals surface area contributed by atoms with Gasteiger partial charge in [0.1, 0.15) is 17.3 Å². The Hall–Kier alpha value is -3.58. The molecule has 1 atom stereocenters. The van der Waals surface area contributed by atoms with Crippen LogP contribution in [0.15, 0.2) is 82.8 Å². The van der Waals surface area contributed by atoms with Crippen molar-refractivity contribution in [2.45, 2.75) is 26.0 Å². The monoisotopic (exact) mass is 521 g/mol. The topological polar surface area (TPSA) is 76.1 Å². The van der Waals surface area contributed by atoms with Crippen LogP contribution in [0.4, 0.5) is 5.69 Å². The van der Waals surface area contributed by atoms with Crippen molar-refractivity contribution in [3.8, 4) is 11.5 Å². The van der Waals surface area contributed by atoms with Gasteiger partial charge in [0, 0.05) is 21.8 Å². The van der Waals surface area contributed by atoms with Crippen molar-refractivity contribution in [2.24, 2.45) is 0 Å². The Kier molecular flexibility index (Phi) is 6.75. The Morgan fingerprint density at radius 1 is 0.971 bits per heavy atom. The molecule has 1 heterocycles. The van der Waals surface area contributed by atoms with Crippen LogP contribution in [-0.2, 0) is 9.59 Å². The van der Waals surface area contributed by atoms with E-state index < -0.39 is 17.7 Å². The first kappa shape index (κ1) is 23.6. The molecule has 1 amide bonds. The van der Waals surface area contributed by atoms with E-state index in [0.717, 1.165) is 4.47 Å². The lowest BCUT2D eigenvalue weighted by molar-refractivity contribution is -0.132. The first-order chi connectivity index (χ1) is 16.3. The molecule has 1 unspecified atom stereocenters. The Labute approximate surface area is 206 Å². The smallest absolute Gasteiger partial charge is 0.300 e. The van der Waals surface area contributed by atoms with Crippen LogP contribution in [-0.4, -0.2) is 30.0 Å². The van der Waals surface area contributed by atoms with E-state index >= 15 is 0 Å². The van der Waals surface area contributed by atoms with Gasteiger partial charge in [0.25, 0.3) is 11.7 Å². The zero-order valence-corrected chi connectivity index (χ0v) is 20.6. The molecule has 0 radical (unpaired) electrons. The molecule has 7 heteroatoms. The number of hydrogen-bond donors (Lipinski definition) is 1. The molecule has 3 aromatic rings. The van der Waals surface area contributed by atoms with Crippen LogP contribution in [0.5, 0.6) is 11.5 Å². The number of anilines is 1. The van der Waals surface area contributed by atoms with Crippen molar-refractivity contribution < 1.29 is 24.2 Å². The van der Waals surface area contributed by atoms with Crippen molar-refractivity contribution in [3.63, 3.8) is 0 Å². The lowest BCUT2D eigenvalue weighted by Crippen LogP contribution is -2.29. The third-order valence-corrected chi connectivity index (χ3v) is 5.97. The van der Waals surface area contributed by atoms with Crippen LogP contribution in [0.1, 0.15) is 31.0 Å². The number of nitrogens with zero attached hydrogens (tertiary/aromatic N) is 1. The average molecular weight is 522 g/mol. The molecule has 174 valence electrons. The average Bonchev–Trinajstić information content (AvgIpc) is 3.09. The van der Waals surface area contributed by atoms with E-state index in [4.69, 9.17) is 9.47 Å². The molecule has 34 heavy (non-hydrogen) atoms. The molecule has 6 nitrogen and oxygen atoms in total. The molecule has 0 aliphatic carbocycles. The molecule has 4 rings (SSSR count). The number of carbonyl (C=O) groups is 2. The third kappa shape index (κ3) is 4.56. The summed E-state index contributed by atoms with van der Waals surface area (Å²) in [5, 5.41) is 11.2. The summed E-state index contributed by atoms with van der Waals surface area (Å²) in [4.78, 5) is 28.0. The molecule has 1 aliphatic rings. The van der Waals surface area contributed by atoms with E-state index in [0.29, 0.717) is 28.3 Å². The van der Waals surface area contributed by atoms with Gasteiger partial charge >= 0.3 is 0 Å². The molecule has 0 aromatic heterocycles. The second-order valence-corrected chi connectivity index (χ2v) is 9.03. The SMILES string of the molecule is COc1cccc(N2C(=O)C(=O)/C(=C(/O)c3ccc(Br)cc3)C2c2cccc(OC(C)C)c2)c1. The maximum atomic E-state index is 13.3. The normalized spacial score (nSPS) is 17.3. The number of rotatable bonds is 6. The Balaban J connectivity index is 1.93. The fourth-order valence-electron chi connectivity index (χ4n) is 3.97. The summed E-state index contributed by atoms with van der Waals surface area (Å²) in [7, 11) is 1.53. The molecule has 0 spiro atoms. The standard InChI is InChI=1S/C27H24BrNO5/c1-16(2)34-22-9-4-6-18(14-22)24-23(25(30)17-10-12-19(28)13-11-17)26(31)27(32)29(24)20-7-5-8-21(15-20)33-3/h4-16,24,30H,1-3H3/b25-23+. The number of benzene rings is 3. The van der Waals surface area contributed by atoms with E-state index in [1.165, 1.54) is 12.0 Å². The molecule has 0 bridgehead atoms. The quantitative estimate of drug-likeness (QED) is 0.249. The summed E-state index contributed by atoms with van der Waals surface area (Å²) in [6.07, 6.45) is -0.0530. The van der Waals surface area contributed by atoms with Crippen molar-refractivity contribution in [1.82, 2.24) is 0 Å². The number of ether oxygens (including phenoxy) is 2. The number of hydrogen-bond acceptors (Lipinski definition) is 5. The number of carbonyl (C=O) groups excluding carboxylic acids is 2. The summed E-state index contributed by atoms with van der Waals surface area (Å²) >= 11 is 3.38. The summed E-state index contributed by atoms with van der Waals surface area (Å²) in [6.45, 7) is 3.84. The molecule has 3 aromatic carbocycles. The van der Waals surface area contributed by atoms with Crippen molar-refractivity contribution in [3.05, 3.63) is 94.0 Å². The van der Waals surface area contributed by atoms with Gasteiger partial charge < -0.3 is 14.6 Å². The zero-order valence-electron chi connectivity index (χ0n) is 19.0. The van der Waals surface area contributed by atoms with Crippen LogP contribution < -0.4 is 14.4 Å². The number of Topliss-reactive ketones (excluding diaryl/α,β-unsaturated/α-hetero) is 1. The number of aliphatic hydroxyl groups excluding tert-OH is 1. The van der Waals surface area contributed by atoms with Crippen LogP contribution >= 0.6 is 15.9 Å². The second-order valence-electron chi connectivity index (χ2n) is 8.12. The summed E-state index contributed by atoms with van der Waals surface area (Å²) in [6, 6.07) is 20.2. The molecule has 1 aliphatic heterocycles. The van der Waals surface area contributed by atoms with Crippen molar-refractivity contribution in [1.29, 1.82) is 0 Å². The van der Waals surface area contributed by atoms with E-state index in [-0.39, 0.29) is 17.4 Å². The lowest BCUT2D eigenvalue weighted by Gasteiger charge is -2.26. The molecule has 0 saturated carbocycles. The predicted octanol–water partition coefficient (Wildman–Crippen LogP) is 5.87. The first-order valence-corrected chi connectivity index (χ1v) is 11.6. The van der Waals surface area contributed by atoms with E-state index in [1.807, 2.05) is 26.0 Å². The molecular weight excluding hydrogens is 498 g/mol. The van der Waals surface area contributed by atoms with Crippen LogP contribution in [0, 0.1) is 0 Å². The maximum Gasteiger partial charge on any atom is 0.300 e. The van der Waals surface area contributed by atoms with E-state index in [2.05, 4.69) is 15.9 Å². The van der Waals surface area contributed by atoms with Gasteiger partial charge in [-0.15, -0.1) is 0 Å². The van der Waals surface area contributed by atoms with Crippen LogP contribution in [0.25, 0.3) is 5.76 Å². The van der Waals surface area contributed by atoms with E-state index in [1.54, 1.807) is 60.7 Å². The van der Waals surface area contributed by atoms with Crippen LogP contribution in [0.2, 0.25) is 0 Å².